The standard InChI is InChI=1S/C40H40N2O8S/c1-6-47-33-22-26(18-19-31(33)50-24-28-14-10-13-27-12-8-9-15-29(27)28)23-34-38(43)42-36(30-16-11-17-32(46-5)37(30)48-7-2)35(25(3)41-40(42)51-34)39(44)49-21-20-45-4/h8-19,22-23,36H,6-7,20-21,24H2,1-5H3/b34-23+/t36-/m0/s1. The Balaban J connectivity index is 1.41. The van der Waals surface area contributed by atoms with E-state index in [-0.39, 0.29) is 24.3 Å². The van der Waals surface area contributed by atoms with Gasteiger partial charge in [-0.05, 0) is 66.9 Å². The molecule has 0 N–H and O–H groups in total. The lowest BCUT2D eigenvalue weighted by Gasteiger charge is -2.27. The topological polar surface area (TPSA) is 107 Å². The maximum Gasteiger partial charge on any atom is 0.338 e. The van der Waals surface area contributed by atoms with Crippen LogP contribution in [0.25, 0.3) is 16.8 Å². The molecule has 0 fully saturated rings. The quantitative estimate of drug-likeness (QED) is 0.103. The van der Waals surface area contributed by atoms with Gasteiger partial charge in [-0.3, -0.25) is 9.36 Å². The van der Waals surface area contributed by atoms with Crippen LogP contribution in [0.2, 0.25) is 0 Å². The van der Waals surface area contributed by atoms with Gasteiger partial charge in [0.2, 0.25) is 0 Å². The van der Waals surface area contributed by atoms with Gasteiger partial charge in [-0.1, -0.05) is 72.0 Å². The zero-order valence-electron chi connectivity index (χ0n) is 29.3. The predicted molar refractivity (Wildman–Crippen MR) is 197 cm³/mol. The Morgan fingerprint density at radius 1 is 0.882 bits per heavy atom. The maximum absolute atomic E-state index is 14.4. The van der Waals surface area contributed by atoms with Crippen LogP contribution in [0, 0.1) is 0 Å². The lowest BCUT2D eigenvalue weighted by molar-refractivity contribution is -0.140. The van der Waals surface area contributed by atoms with Crippen molar-refractivity contribution in [3.63, 3.8) is 0 Å². The van der Waals surface area contributed by atoms with Gasteiger partial charge in [0.05, 0.1) is 42.7 Å². The molecular weight excluding hydrogens is 669 g/mol. The highest BCUT2D eigenvalue weighted by Crippen LogP contribution is 2.41. The van der Waals surface area contributed by atoms with Gasteiger partial charge in [0, 0.05) is 12.7 Å². The van der Waals surface area contributed by atoms with Crippen molar-refractivity contribution in [1.29, 1.82) is 0 Å². The van der Waals surface area contributed by atoms with Crippen LogP contribution in [-0.2, 0) is 20.9 Å². The van der Waals surface area contributed by atoms with E-state index in [4.69, 9.17) is 33.4 Å². The number of carbonyl (C=O) groups excluding carboxylic acids is 1. The van der Waals surface area contributed by atoms with Crippen molar-refractivity contribution in [2.24, 2.45) is 4.99 Å². The van der Waals surface area contributed by atoms with Crippen LogP contribution >= 0.6 is 11.3 Å². The van der Waals surface area contributed by atoms with Gasteiger partial charge in [-0.25, -0.2) is 9.79 Å². The highest BCUT2D eigenvalue weighted by Gasteiger charge is 2.36. The van der Waals surface area contributed by atoms with Crippen molar-refractivity contribution in [2.75, 3.05) is 40.6 Å². The van der Waals surface area contributed by atoms with E-state index < -0.39 is 12.0 Å². The van der Waals surface area contributed by atoms with Gasteiger partial charge in [-0.15, -0.1) is 0 Å². The number of benzene rings is 4. The molecule has 1 aliphatic heterocycles. The largest absolute Gasteiger partial charge is 0.493 e. The minimum Gasteiger partial charge on any atom is -0.493 e. The van der Waals surface area contributed by atoms with Crippen molar-refractivity contribution < 1.29 is 33.2 Å². The summed E-state index contributed by atoms with van der Waals surface area (Å²) in [6.07, 6.45) is 1.79. The molecule has 0 radical (unpaired) electrons. The molecule has 0 bridgehead atoms. The molecule has 0 spiro atoms. The highest BCUT2D eigenvalue weighted by molar-refractivity contribution is 7.07. The minimum atomic E-state index is -0.890. The third kappa shape index (κ3) is 7.40. The monoisotopic (exact) mass is 708 g/mol. The van der Waals surface area contributed by atoms with E-state index in [1.54, 1.807) is 32.2 Å². The summed E-state index contributed by atoms with van der Waals surface area (Å²) in [5, 5.41) is 2.28. The number of hydrogen-bond acceptors (Lipinski definition) is 10. The first-order chi connectivity index (χ1) is 24.9. The lowest BCUT2D eigenvalue weighted by Crippen LogP contribution is -2.40. The summed E-state index contributed by atoms with van der Waals surface area (Å²) < 4.78 is 36.6. The zero-order chi connectivity index (χ0) is 35.9. The summed E-state index contributed by atoms with van der Waals surface area (Å²) in [5.74, 6) is 1.46. The molecule has 6 rings (SSSR count). The fourth-order valence-corrected chi connectivity index (χ4v) is 7.15. The molecule has 2 heterocycles. The number of ether oxygens (including phenoxy) is 6. The number of methoxy groups -OCH3 is 2. The first-order valence-corrected chi connectivity index (χ1v) is 17.5. The molecule has 5 aromatic rings. The number of nitrogens with zero attached hydrogens (tertiary/aromatic N) is 2. The van der Waals surface area contributed by atoms with Crippen LogP contribution in [0.3, 0.4) is 0 Å². The third-order valence-electron chi connectivity index (χ3n) is 8.40. The number of carbonyl (C=O) groups is 1. The van der Waals surface area contributed by atoms with Crippen molar-refractivity contribution in [3.05, 3.63) is 127 Å². The summed E-state index contributed by atoms with van der Waals surface area (Å²) in [5.41, 5.74) is 2.72. The van der Waals surface area contributed by atoms with Crippen LogP contribution in [-0.4, -0.2) is 51.2 Å². The fourth-order valence-electron chi connectivity index (χ4n) is 6.11. The molecule has 0 unspecified atom stereocenters. The predicted octanol–water partition coefficient (Wildman–Crippen LogP) is 5.96. The van der Waals surface area contributed by atoms with Crippen LogP contribution in [0.4, 0.5) is 0 Å². The molecule has 0 aliphatic carbocycles. The summed E-state index contributed by atoms with van der Waals surface area (Å²) in [7, 11) is 3.08. The van der Waals surface area contributed by atoms with Crippen LogP contribution < -0.4 is 33.8 Å². The van der Waals surface area contributed by atoms with E-state index in [9.17, 15) is 9.59 Å². The summed E-state index contributed by atoms with van der Waals surface area (Å²) in [6.45, 7) is 6.92. The van der Waals surface area contributed by atoms with Crippen molar-refractivity contribution in [3.8, 4) is 23.0 Å². The van der Waals surface area contributed by atoms with Crippen LogP contribution in [0.1, 0.15) is 43.5 Å². The molecule has 51 heavy (non-hydrogen) atoms. The first-order valence-electron chi connectivity index (χ1n) is 16.7. The smallest absolute Gasteiger partial charge is 0.338 e. The fraction of sp³-hybridized carbons (Fsp3) is 0.275. The average molecular weight is 709 g/mol. The van der Waals surface area contributed by atoms with Gasteiger partial charge in [0.1, 0.15) is 19.3 Å². The number of allylic oxidation sites excluding steroid dienone is 1. The molecule has 264 valence electrons. The minimum absolute atomic E-state index is 0.0451. The second-order valence-electron chi connectivity index (χ2n) is 11.6. The number of fused-ring (bicyclic) bond motifs is 2. The van der Waals surface area contributed by atoms with E-state index in [1.165, 1.54) is 23.0 Å². The highest BCUT2D eigenvalue weighted by atomic mass is 32.1. The Kier molecular flexibility index (Phi) is 11.2. The molecule has 0 saturated carbocycles. The summed E-state index contributed by atoms with van der Waals surface area (Å²) in [6, 6.07) is 24.5. The summed E-state index contributed by atoms with van der Waals surface area (Å²) in [4.78, 5) is 33.2. The van der Waals surface area contributed by atoms with Gasteiger partial charge < -0.3 is 28.4 Å². The normalized spacial score (nSPS) is 14.2. The Hall–Kier alpha value is -5.39. The molecule has 0 saturated heterocycles. The van der Waals surface area contributed by atoms with Crippen molar-refractivity contribution >= 4 is 34.2 Å². The molecule has 1 aliphatic rings. The number of hydrogen-bond donors (Lipinski definition) is 0. The van der Waals surface area contributed by atoms with Crippen LogP contribution in [0.5, 0.6) is 23.0 Å². The molecule has 10 nitrogen and oxygen atoms in total. The number of para-hydroxylation sites is 1. The Labute approximate surface area is 299 Å². The number of aromatic nitrogens is 1. The molecule has 11 heteroatoms. The third-order valence-corrected chi connectivity index (χ3v) is 9.39. The second-order valence-corrected chi connectivity index (χ2v) is 12.6. The molecule has 4 aromatic carbocycles. The summed E-state index contributed by atoms with van der Waals surface area (Å²) >= 11 is 1.23. The Bertz CT molecular complexity index is 2270. The van der Waals surface area contributed by atoms with E-state index in [0.717, 1.165) is 21.9 Å². The number of rotatable bonds is 14. The van der Waals surface area contributed by atoms with Crippen molar-refractivity contribution in [2.45, 2.75) is 33.4 Å². The zero-order valence-corrected chi connectivity index (χ0v) is 30.1. The first kappa shape index (κ1) is 35.4. The Morgan fingerprint density at radius 3 is 2.45 bits per heavy atom. The number of thiazole rings is 1. The second kappa shape index (κ2) is 16.1. The van der Waals surface area contributed by atoms with Gasteiger partial charge in [-0.2, -0.15) is 0 Å². The van der Waals surface area contributed by atoms with Gasteiger partial charge in [0.15, 0.2) is 27.8 Å². The van der Waals surface area contributed by atoms with Crippen molar-refractivity contribution in [1.82, 2.24) is 4.57 Å². The molecule has 1 aromatic heterocycles. The molecule has 1 atom stereocenters. The average Bonchev–Trinajstić information content (AvgIpc) is 3.44. The van der Waals surface area contributed by atoms with Gasteiger partial charge >= 0.3 is 5.97 Å². The van der Waals surface area contributed by atoms with E-state index >= 15 is 0 Å². The Morgan fingerprint density at radius 2 is 1.67 bits per heavy atom. The molecular formula is C40H40N2O8S. The maximum atomic E-state index is 14.4. The lowest BCUT2D eigenvalue weighted by atomic mass is 9.94. The van der Waals surface area contributed by atoms with Crippen LogP contribution in [0.15, 0.2) is 99.9 Å². The van der Waals surface area contributed by atoms with E-state index in [2.05, 4.69) is 24.3 Å². The SMILES string of the molecule is CCOc1cc(/C=c2/sc3n(c2=O)[C@@H](c2cccc(OC)c2OCC)C(C(=O)OCCOC)=C(C)N=3)ccc1OCc1cccc2ccccc12. The van der Waals surface area contributed by atoms with E-state index in [1.807, 2.05) is 56.3 Å². The van der Waals surface area contributed by atoms with E-state index in [0.29, 0.717) is 63.4 Å². The number of esters is 1. The molecule has 0 amide bonds. The van der Waals surface area contributed by atoms with Gasteiger partial charge in [0.25, 0.3) is 5.56 Å².